The van der Waals surface area contributed by atoms with Crippen LogP contribution in [0.5, 0.6) is 11.5 Å². The van der Waals surface area contributed by atoms with Crippen LogP contribution in [0.25, 0.3) is 6.08 Å². The Balaban J connectivity index is 1.54. The summed E-state index contributed by atoms with van der Waals surface area (Å²) in [5.41, 5.74) is 3.92. The molecule has 0 unspecified atom stereocenters. The number of halogens is 2. The molecule has 3 aromatic rings. The predicted molar refractivity (Wildman–Crippen MR) is 144 cm³/mol. The molecule has 1 fully saturated rings. The van der Waals surface area contributed by atoms with Crippen LogP contribution < -0.4 is 14.8 Å². The molecule has 0 saturated carbocycles. The Labute approximate surface area is 223 Å². The van der Waals surface area contributed by atoms with E-state index >= 15 is 0 Å². The maximum Gasteiger partial charge on any atom is 0.329 e. The average Bonchev–Trinajstić information content (AvgIpc) is 3.08. The van der Waals surface area contributed by atoms with Crippen LogP contribution in [0.4, 0.5) is 4.79 Å². The van der Waals surface area contributed by atoms with Gasteiger partial charge < -0.3 is 14.8 Å². The Kier molecular flexibility index (Phi) is 7.97. The third-order valence-corrected chi connectivity index (χ3v) is 6.42. The lowest BCUT2D eigenvalue weighted by atomic mass is 10.1. The second kappa shape index (κ2) is 11.1. The number of ether oxygens (including phenoxy) is 2. The Hall–Kier alpha value is -3.04. The molecular formula is C27H24ClIN2O4. The van der Waals surface area contributed by atoms with Crippen LogP contribution in [0.3, 0.4) is 0 Å². The summed E-state index contributed by atoms with van der Waals surface area (Å²) < 4.78 is 12.7. The van der Waals surface area contributed by atoms with Crippen molar-refractivity contribution in [3.05, 3.63) is 97.2 Å². The van der Waals surface area contributed by atoms with Crippen molar-refractivity contribution >= 4 is 52.2 Å². The first-order valence-corrected chi connectivity index (χ1v) is 12.5. The number of benzene rings is 3. The largest absolute Gasteiger partial charge is 0.490 e. The second-order valence-corrected chi connectivity index (χ2v) is 9.64. The zero-order valence-corrected chi connectivity index (χ0v) is 22.2. The molecule has 1 aliphatic rings. The van der Waals surface area contributed by atoms with Crippen molar-refractivity contribution in [3.63, 3.8) is 0 Å². The lowest BCUT2D eigenvalue weighted by Gasteiger charge is -2.15. The predicted octanol–water partition coefficient (Wildman–Crippen LogP) is 6.32. The number of aryl methyl sites for hydroxylation is 1. The quantitative estimate of drug-likeness (QED) is 0.186. The van der Waals surface area contributed by atoms with Crippen LogP contribution in [-0.2, 0) is 17.9 Å². The molecule has 1 N–H and O–H groups in total. The van der Waals surface area contributed by atoms with Crippen molar-refractivity contribution in [2.75, 3.05) is 6.61 Å². The van der Waals surface area contributed by atoms with Gasteiger partial charge in [0, 0.05) is 5.02 Å². The molecule has 180 valence electrons. The van der Waals surface area contributed by atoms with E-state index in [9.17, 15) is 9.59 Å². The molecule has 0 atom stereocenters. The summed E-state index contributed by atoms with van der Waals surface area (Å²) >= 11 is 8.14. The van der Waals surface area contributed by atoms with Crippen molar-refractivity contribution in [1.29, 1.82) is 0 Å². The molecule has 1 heterocycles. The van der Waals surface area contributed by atoms with Gasteiger partial charge >= 0.3 is 6.03 Å². The normalized spacial score (nSPS) is 14.4. The van der Waals surface area contributed by atoms with E-state index in [0.29, 0.717) is 29.7 Å². The van der Waals surface area contributed by atoms with Gasteiger partial charge in [0.25, 0.3) is 5.91 Å². The highest BCUT2D eigenvalue weighted by molar-refractivity contribution is 14.1. The Morgan fingerprint density at radius 2 is 1.69 bits per heavy atom. The minimum atomic E-state index is -0.440. The zero-order valence-electron chi connectivity index (χ0n) is 19.3. The van der Waals surface area contributed by atoms with E-state index < -0.39 is 6.03 Å². The third-order valence-electron chi connectivity index (χ3n) is 5.36. The van der Waals surface area contributed by atoms with Gasteiger partial charge in [-0.25, -0.2) is 4.79 Å². The van der Waals surface area contributed by atoms with Crippen molar-refractivity contribution in [1.82, 2.24) is 10.2 Å². The van der Waals surface area contributed by atoms with Crippen LogP contribution in [0, 0.1) is 10.5 Å². The van der Waals surface area contributed by atoms with E-state index in [-0.39, 0.29) is 18.1 Å². The molecule has 35 heavy (non-hydrogen) atoms. The molecular weight excluding hydrogens is 579 g/mol. The Bertz CT molecular complexity index is 1270. The van der Waals surface area contributed by atoms with Crippen LogP contribution in [0.15, 0.2) is 66.4 Å². The summed E-state index contributed by atoms with van der Waals surface area (Å²) in [4.78, 5) is 26.6. The molecule has 0 bridgehead atoms. The van der Waals surface area contributed by atoms with E-state index in [1.165, 1.54) is 4.90 Å². The van der Waals surface area contributed by atoms with E-state index in [0.717, 1.165) is 25.8 Å². The Morgan fingerprint density at radius 1 is 1.00 bits per heavy atom. The van der Waals surface area contributed by atoms with E-state index in [1.54, 1.807) is 12.1 Å². The van der Waals surface area contributed by atoms with Crippen LogP contribution in [0.1, 0.15) is 29.2 Å². The molecule has 0 spiro atoms. The number of rotatable bonds is 8. The number of hydrogen-bond acceptors (Lipinski definition) is 4. The highest BCUT2D eigenvalue weighted by atomic mass is 127. The number of amides is 3. The Morgan fingerprint density at radius 3 is 2.37 bits per heavy atom. The van der Waals surface area contributed by atoms with Gasteiger partial charge in [-0.3, -0.25) is 9.69 Å². The summed E-state index contributed by atoms with van der Waals surface area (Å²) in [7, 11) is 0. The van der Waals surface area contributed by atoms with E-state index in [2.05, 4.69) is 27.9 Å². The number of carbonyl (C=O) groups excluding carboxylic acids is 2. The lowest BCUT2D eigenvalue weighted by molar-refractivity contribution is -0.123. The number of imide groups is 1. The smallest absolute Gasteiger partial charge is 0.329 e. The molecule has 4 rings (SSSR count). The average molecular weight is 603 g/mol. The SMILES string of the molecule is CCOc1cc(/C=C2/NC(=O)N(Cc3ccc(C)cc3)C2=O)cc(I)c1OCc1ccc(Cl)cc1. The summed E-state index contributed by atoms with van der Waals surface area (Å²) in [5, 5.41) is 3.35. The molecule has 0 aliphatic carbocycles. The first-order valence-electron chi connectivity index (χ1n) is 11.1. The number of urea groups is 1. The van der Waals surface area contributed by atoms with Gasteiger partial charge in [-0.1, -0.05) is 53.6 Å². The highest BCUT2D eigenvalue weighted by Crippen LogP contribution is 2.36. The molecule has 0 aromatic heterocycles. The fraction of sp³-hybridized carbons (Fsp3) is 0.185. The monoisotopic (exact) mass is 602 g/mol. The first kappa shape index (κ1) is 25.1. The summed E-state index contributed by atoms with van der Waals surface area (Å²) in [6.07, 6.45) is 1.66. The van der Waals surface area contributed by atoms with Crippen LogP contribution >= 0.6 is 34.2 Å². The first-order chi connectivity index (χ1) is 16.8. The summed E-state index contributed by atoms with van der Waals surface area (Å²) in [5.74, 6) is 0.812. The van der Waals surface area contributed by atoms with E-state index in [1.807, 2.05) is 68.4 Å². The second-order valence-electron chi connectivity index (χ2n) is 8.04. The maximum absolute atomic E-state index is 12.9. The minimum absolute atomic E-state index is 0.210. The molecule has 0 radical (unpaired) electrons. The van der Waals surface area contributed by atoms with Gasteiger partial charge in [0.1, 0.15) is 12.3 Å². The van der Waals surface area contributed by atoms with Crippen molar-refractivity contribution in [2.24, 2.45) is 0 Å². The third kappa shape index (κ3) is 6.15. The fourth-order valence-electron chi connectivity index (χ4n) is 3.57. The van der Waals surface area contributed by atoms with Gasteiger partial charge in [0.05, 0.1) is 16.7 Å². The molecule has 3 amide bonds. The fourth-order valence-corrected chi connectivity index (χ4v) is 4.48. The van der Waals surface area contributed by atoms with Gasteiger partial charge in [-0.15, -0.1) is 0 Å². The standard InChI is InChI=1S/C27H24ClIN2O4/c1-3-34-24-14-20(12-22(29)25(24)35-16-19-8-10-21(28)11-9-19)13-23-26(32)31(27(33)30-23)15-18-6-4-17(2)5-7-18/h4-14H,3,15-16H2,1-2H3,(H,30,33)/b23-13+. The van der Waals surface area contributed by atoms with Gasteiger partial charge in [0.2, 0.25) is 0 Å². The molecule has 1 saturated heterocycles. The van der Waals surface area contributed by atoms with E-state index in [4.69, 9.17) is 21.1 Å². The van der Waals surface area contributed by atoms with Crippen molar-refractivity contribution in [3.8, 4) is 11.5 Å². The molecule has 3 aromatic carbocycles. The maximum atomic E-state index is 12.9. The highest BCUT2D eigenvalue weighted by Gasteiger charge is 2.33. The van der Waals surface area contributed by atoms with Crippen LogP contribution in [0.2, 0.25) is 5.02 Å². The van der Waals surface area contributed by atoms with Crippen LogP contribution in [-0.4, -0.2) is 23.4 Å². The summed E-state index contributed by atoms with van der Waals surface area (Å²) in [6.45, 7) is 4.90. The molecule has 1 aliphatic heterocycles. The minimum Gasteiger partial charge on any atom is -0.490 e. The number of nitrogens with one attached hydrogen (secondary N) is 1. The van der Waals surface area contributed by atoms with Gasteiger partial charge in [-0.05, 0) is 83.5 Å². The van der Waals surface area contributed by atoms with Gasteiger partial charge in [0.15, 0.2) is 11.5 Å². The number of carbonyl (C=O) groups is 2. The number of hydrogen-bond donors (Lipinski definition) is 1. The van der Waals surface area contributed by atoms with Crippen molar-refractivity contribution in [2.45, 2.75) is 27.0 Å². The molecule has 6 nitrogen and oxygen atoms in total. The zero-order chi connectivity index (χ0) is 24.9. The topological polar surface area (TPSA) is 67.9 Å². The van der Waals surface area contributed by atoms with Crippen molar-refractivity contribution < 1.29 is 19.1 Å². The lowest BCUT2D eigenvalue weighted by Crippen LogP contribution is -2.30. The summed E-state index contributed by atoms with van der Waals surface area (Å²) in [6, 6.07) is 18.4. The molecule has 8 heteroatoms. The van der Waals surface area contributed by atoms with Gasteiger partial charge in [-0.2, -0.15) is 0 Å². The number of nitrogens with zero attached hydrogens (tertiary/aromatic N) is 1.